The summed E-state index contributed by atoms with van der Waals surface area (Å²) in [7, 11) is 0. The molecule has 0 radical (unpaired) electrons. The fourth-order valence-electron chi connectivity index (χ4n) is 4.35. The van der Waals surface area contributed by atoms with E-state index in [1.54, 1.807) is 79.0 Å². The maximum absolute atomic E-state index is 12.3. The second-order valence-corrected chi connectivity index (χ2v) is 11.9. The number of amides is 2. The Kier molecular flexibility index (Phi) is 11.7. The van der Waals surface area contributed by atoms with Gasteiger partial charge in [0.1, 0.15) is 10.3 Å². The van der Waals surface area contributed by atoms with E-state index in [9.17, 15) is 9.59 Å². The molecule has 0 bridgehead atoms. The Labute approximate surface area is 305 Å². The molecule has 2 amide bonds. The standard InChI is InChI=1S/C24H16ClN5O2.C11H6ClIN4/c25-21-17(15-27-24(29-21)28-18-11-9-16(14-26)10-12-18)6-2-1-5-13-30-22(31)19-7-3-4-8-20(19)23(30)32;12-10-9(13)6-15-11(17-10)16-8-3-1-7(5-14)2-4-8/h3-4,7-12,15H,1,5,13H2,(H,27,28,29);1-4,6H,(H,15,16,17). The van der Waals surface area contributed by atoms with E-state index in [0.717, 1.165) is 14.9 Å². The van der Waals surface area contributed by atoms with Crippen LogP contribution in [0, 0.1) is 38.1 Å². The van der Waals surface area contributed by atoms with Crippen LogP contribution in [0.5, 0.6) is 0 Å². The van der Waals surface area contributed by atoms with Crippen molar-refractivity contribution in [2.24, 2.45) is 0 Å². The summed E-state index contributed by atoms with van der Waals surface area (Å²) in [6.07, 6.45) is 4.20. The molecule has 3 heterocycles. The highest BCUT2D eigenvalue weighted by Crippen LogP contribution is 2.23. The molecule has 1 aliphatic heterocycles. The van der Waals surface area contributed by atoms with Gasteiger partial charge in [-0.1, -0.05) is 47.2 Å². The van der Waals surface area contributed by atoms with Crippen LogP contribution in [0.1, 0.15) is 50.2 Å². The van der Waals surface area contributed by atoms with Crippen LogP contribution in [-0.2, 0) is 0 Å². The number of nitrogens with one attached hydrogen (secondary N) is 2. The van der Waals surface area contributed by atoms with Crippen molar-refractivity contribution in [3.8, 4) is 24.0 Å². The molecular weight excluding hydrogens is 776 g/mol. The summed E-state index contributed by atoms with van der Waals surface area (Å²) in [5, 5.41) is 24.2. The van der Waals surface area contributed by atoms with Gasteiger partial charge in [0.15, 0.2) is 0 Å². The zero-order valence-corrected chi connectivity index (χ0v) is 29.0. The van der Waals surface area contributed by atoms with E-state index in [1.807, 2.05) is 0 Å². The van der Waals surface area contributed by atoms with Gasteiger partial charge in [0.25, 0.3) is 11.8 Å². The summed E-state index contributed by atoms with van der Waals surface area (Å²) in [6, 6.07) is 24.8. The lowest BCUT2D eigenvalue weighted by Gasteiger charge is -2.12. The van der Waals surface area contributed by atoms with Crippen molar-refractivity contribution in [2.75, 3.05) is 17.2 Å². The lowest BCUT2D eigenvalue weighted by molar-refractivity contribution is 0.0653. The Morgan fingerprint density at radius 1 is 0.735 bits per heavy atom. The third-order valence-electron chi connectivity index (χ3n) is 6.77. The maximum atomic E-state index is 12.3. The fraction of sp³-hybridized carbons (Fsp3) is 0.0857. The first-order valence-corrected chi connectivity index (χ1v) is 16.3. The average molecular weight is 798 g/mol. The van der Waals surface area contributed by atoms with Crippen molar-refractivity contribution < 1.29 is 9.59 Å². The molecule has 14 heteroatoms. The molecule has 0 saturated carbocycles. The van der Waals surface area contributed by atoms with E-state index in [1.165, 1.54) is 11.1 Å². The quantitative estimate of drug-likeness (QED) is 0.0554. The number of anilines is 4. The molecule has 0 atom stereocenters. The number of fused-ring (bicyclic) bond motifs is 1. The van der Waals surface area contributed by atoms with Gasteiger partial charge in [0.05, 0.1) is 43.5 Å². The van der Waals surface area contributed by atoms with Crippen LogP contribution in [0.25, 0.3) is 0 Å². The summed E-state index contributed by atoms with van der Waals surface area (Å²) >= 11 is 14.2. The van der Waals surface area contributed by atoms with Gasteiger partial charge < -0.3 is 10.6 Å². The number of nitriles is 2. The summed E-state index contributed by atoms with van der Waals surface area (Å²) < 4.78 is 0.801. The van der Waals surface area contributed by atoms with E-state index >= 15 is 0 Å². The summed E-state index contributed by atoms with van der Waals surface area (Å²) in [4.78, 5) is 42.5. The Bertz CT molecular complexity index is 2140. The van der Waals surface area contributed by atoms with E-state index in [2.05, 4.69) is 77.1 Å². The highest BCUT2D eigenvalue weighted by Gasteiger charge is 2.34. The van der Waals surface area contributed by atoms with Crippen molar-refractivity contribution >= 4 is 80.9 Å². The van der Waals surface area contributed by atoms with Crippen molar-refractivity contribution in [1.82, 2.24) is 24.8 Å². The van der Waals surface area contributed by atoms with E-state index < -0.39 is 0 Å². The van der Waals surface area contributed by atoms with E-state index in [-0.39, 0.29) is 17.0 Å². The number of carbonyl (C=O) groups is 2. The molecule has 2 aromatic heterocycles. The van der Waals surface area contributed by atoms with Crippen LogP contribution in [0.2, 0.25) is 10.3 Å². The largest absolute Gasteiger partial charge is 0.324 e. The minimum absolute atomic E-state index is 0.212. The normalized spacial score (nSPS) is 11.2. The summed E-state index contributed by atoms with van der Waals surface area (Å²) in [5.41, 5.74) is 4.08. The number of nitrogens with zero attached hydrogens (tertiary/aromatic N) is 7. The zero-order valence-electron chi connectivity index (χ0n) is 25.3. The molecule has 240 valence electrons. The molecule has 1 aliphatic rings. The van der Waals surface area contributed by atoms with Gasteiger partial charge in [0.2, 0.25) is 11.9 Å². The van der Waals surface area contributed by atoms with Crippen LogP contribution >= 0.6 is 45.8 Å². The molecule has 6 rings (SSSR count). The molecular formula is C35H22Cl2IN9O2. The fourth-order valence-corrected chi connectivity index (χ4v) is 4.92. The first-order valence-electron chi connectivity index (χ1n) is 14.4. The minimum Gasteiger partial charge on any atom is -0.324 e. The molecule has 0 saturated heterocycles. The molecule has 0 fully saturated rings. The SMILES string of the molecule is N#Cc1ccc(Nc2ncc(C#CCCCN3C(=O)c4ccccc4C3=O)c(Cl)n2)cc1.N#Cc1ccc(Nc2ncc(I)c(Cl)n2)cc1. The molecule has 5 aromatic rings. The highest BCUT2D eigenvalue weighted by atomic mass is 127. The Hall–Kier alpha value is -5.59. The first-order chi connectivity index (χ1) is 23.7. The van der Waals surface area contributed by atoms with Gasteiger partial charge in [-0.25, -0.2) is 9.97 Å². The van der Waals surface area contributed by atoms with Crippen molar-refractivity contribution in [2.45, 2.75) is 12.8 Å². The third kappa shape index (κ3) is 9.06. The minimum atomic E-state index is -0.264. The molecule has 49 heavy (non-hydrogen) atoms. The molecule has 11 nitrogen and oxygen atoms in total. The Balaban J connectivity index is 0.000000232. The number of hydrogen-bond acceptors (Lipinski definition) is 10. The van der Waals surface area contributed by atoms with Crippen molar-refractivity contribution in [3.63, 3.8) is 0 Å². The second-order valence-electron chi connectivity index (χ2n) is 10.1. The second kappa shape index (κ2) is 16.5. The van der Waals surface area contributed by atoms with Crippen LogP contribution in [0.4, 0.5) is 23.3 Å². The predicted octanol–water partition coefficient (Wildman–Crippen LogP) is 7.52. The summed E-state index contributed by atoms with van der Waals surface area (Å²) in [6.45, 7) is 0.304. The molecule has 3 aromatic carbocycles. The number of benzene rings is 3. The molecule has 0 aliphatic carbocycles. The average Bonchev–Trinajstić information content (AvgIpc) is 3.36. The van der Waals surface area contributed by atoms with Crippen LogP contribution in [0.15, 0.2) is 85.2 Å². The Morgan fingerprint density at radius 2 is 1.24 bits per heavy atom. The Morgan fingerprint density at radius 3 is 1.73 bits per heavy atom. The zero-order chi connectivity index (χ0) is 34.8. The van der Waals surface area contributed by atoms with E-state index in [4.69, 9.17) is 33.7 Å². The van der Waals surface area contributed by atoms with Gasteiger partial charge in [-0.2, -0.15) is 20.5 Å². The van der Waals surface area contributed by atoms with Crippen LogP contribution < -0.4 is 10.6 Å². The molecule has 2 N–H and O–H groups in total. The van der Waals surface area contributed by atoms with Gasteiger partial charge >= 0.3 is 0 Å². The van der Waals surface area contributed by atoms with Gasteiger partial charge in [-0.3, -0.25) is 14.5 Å². The smallest absolute Gasteiger partial charge is 0.261 e. The number of carbonyl (C=O) groups excluding carboxylic acids is 2. The van der Waals surface area contributed by atoms with E-state index in [0.29, 0.717) is 64.3 Å². The van der Waals surface area contributed by atoms with Gasteiger partial charge in [-0.05, 0) is 89.7 Å². The third-order valence-corrected chi connectivity index (χ3v) is 8.45. The predicted molar refractivity (Wildman–Crippen MR) is 194 cm³/mol. The van der Waals surface area contributed by atoms with Crippen molar-refractivity contribution in [3.05, 3.63) is 127 Å². The lowest BCUT2D eigenvalue weighted by Crippen LogP contribution is -2.30. The molecule has 0 spiro atoms. The number of imide groups is 1. The van der Waals surface area contributed by atoms with Gasteiger partial charge in [-0.15, -0.1) is 0 Å². The highest BCUT2D eigenvalue weighted by molar-refractivity contribution is 14.1. The molecule has 0 unspecified atom stereocenters. The number of halogens is 3. The van der Waals surface area contributed by atoms with Crippen LogP contribution in [-0.4, -0.2) is 43.2 Å². The number of rotatable bonds is 7. The first kappa shape index (κ1) is 34.7. The monoisotopic (exact) mass is 797 g/mol. The number of hydrogen-bond donors (Lipinski definition) is 2. The topological polar surface area (TPSA) is 161 Å². The van der Waals surface area contributed by atoms with Crippen LogP contribution in [0.3, 0.4) is 0 Å². The van der Waals surface area contributed by atoms with Crippen molar-refractivity contribution in [1.29, 1.82) is 10.5 Å². The summed E-state index contributed by atoms with van der Waals surface area (Å²) in [5.74, 6) is 6.13. The maximum Gasteiger partial charge on any atom is 0.261 e. The lowest BCUT2D eigenvalue weighted by atomic mass is 10.1. The van der Waals surface area contributed by atoms with Gasteiger partial charge in [0, 0.05) is 36.7 Å². The number of aromatic nitrogens is 4. The number of unbranched alkanes of at least 4 members (excludes halogenated alkanes) is 1.